The summed E-state index contributed by atoms with van der Waals surface area (Å²) in [7, 11) is -0.647. The summed E-state index contributed by atoms with van der Waals surface area (Å²) in [6, 6.07) is 64.0. The lowest BCUT2D eigenvalue weighted by atomic mass is 9.81. The second-order valence-corrected chi connectivity index (χ2v) is 17.9. The molecule has 1 aromatic heterocycles. The van der Waals surface area contributed by atoms with Gasteiger partial charge < -0.3 is 0 Å². The highest BCUT2D eigenvalue weighted by atomic mass is 31.1. The van der Waals surface area contributed by atoms with E-state index in [0.717, 1.165) is 28.9 Å². The normalized spacial score (nSPS) is 15.0. The molecule has 7 aromatic carbocycles. The zero-order valence-corrected chi connectivity index (χ0v) is 33.5. The quantitative estimate of drug-likeness (QED) is 0.145. The molecule has 1 heterocycles. The Labute approximate surface area is 342 Å². The van der Waals surface area contributed by atoms with Crippen molar-refractivity contribution in [1.29, 1.82) is 0 Å². The molecular formula is C54H42N3P. The zero-order valence-electron chi connectivity index (χ0n) is 32.6. The van der Waals surface area contributed by atoms with Gasteiger partial charge in [-0.05, 0) is 93.0 Å². The van der Waals surface area contributed by atoms with Crippen LogP contribution in [-0.4, -0.2) is 15.0 Å². The van der Waals surface area contributed by atoms with Crippen molar-refractivity contribution in [2.75, 3.05) is 0 Å². The van der Waals surface area contributed by atoms with Crippen LogP contribution in [0.1, 0.15) is 43.1 Å². The van der Waals surface area contributed by atoms with Crippen molar-refractivity contribution >= 4 is 23.8 Å². The number of rotatable bonds is 8. The van der Waals surface area contributed by atoms with Crippen LogP contribution in [0.5, 0.6) is 0 Å². The highest BCUT2D eigenvalue weighted by molar-refractivity contribution is 7.79. The van der Waals surface area contributed by atoms with Crippen LogP contribution < -0.4 is 15.9 Å². The summed E-state index contributed by atoms with van der Waals surface area (Å²) in [6.45, 7) is 4.73. The molecule has 0 radical (unpaired) electrons. The van der Waals surface area contributed by atoms with Crippen molar-refractivity contribution in [2.24, 2.45) is 0 Å². The van der Waals surface area contributed by atoms with Gasteiger partial charge in [-0.2, -0.15) is 0 Å². The Hall–Kier alpha value is -6.54. The van der Waals surface area contributed by atoms with Crippen LogP contribution in [-0.2, 0) is 5.41 Å². The highest BCUT2D eigenvalue weighted by Gasteiger charge is 2.36. The standard InChI is InChI=1S/C54H42N3P/c1-54(2)49-35-41(37-26-30-46(31-27-37)58(44-22-11-5-12-23-44)45-24-13-6-14-25-45)28-32-47(49)48-33-29-42(36-50(48)54)40-20-15-21-43(34-40)53-56-51(38-16-7-3-8-17-38)55-52(57-53)39-18-9-4-10-19-39/h3-18,20-36,39H,19H2,1-2H3. The van der Waals surface area contributed by atoms with Gasteiger partial charge in [-0.3, -0.25) is 0 Å². The molecule has 1 atom stereocenters. The number of benzene rings is 7. The first-order valence-corrected chi connectivity index (χ1v) is 21.4. The molecule has 0 fully saturated rings. The molecule has 2 aliphatic carbocycles. The van der Waals surface area contributed by atoms with Crippen LogP contribution in [0.25, 0.3) is 56.2 Å². The van der Waals surface area contributed by atoms with Gasteiger partial charge in [0.15, 0.2) is 11.6 Å². The number of allylic oxidation sites excluding steroid dienone is 4. The van der Waals surface area contributed by atoms with Crippen molar-refractivity contribution in [3.63, 3.8) is 0 Å². The maximum atomic E-state index is 5.06. The SMILES string of the molecule is CC1(C)c2cc(-c3ccc(P(c4ccccc4)c4ccccc4)cc3)ccc2-c2ccc(-c3cccc(-c4nc(-c5ccccc5)nc(C5C=CC=CC5)n4)c3)cc21. The fourth-order valence-electron chi connectivity index (χ4n) is 8.51. The molecule has 0 spiro atoms. The predicted octanol–water partition coefficient (Wildman–Crippen LogP) is 12.2. The van der Waals surface area contributed by atoms with E-state index in [-0.39, 0.29) is 11.3 Å². The molecule has 0 saturated carbocycles. The lowest BCUT2D eigenvalue weighted by Gasteiger charge is -2.23. The first-order valence-electron chi connectivity index (χ1n) is 20.1. The molecular weight excluding hydrogens is 722 g/mol. The summed E-state index contributed by atoms with van der Waals surface area (Å²) in [5.41, 5.74) is 11.9. The molecule has 0 aliphatic heterocycles. The number of hydrogen-bond acceptors (Lipinski definition) is 3. The van der Waals surface area contributed by atoms with Crippen LogP contribution in [0.15, 0.2) is 200 Å². The third-order valence-corrected chi connectivity index (χ3v) is 14.1. The molecule has 10 rings (SSSR count). The summed E-state index contributed by atoms with van der Waals surface area (Å²) < 4.78 is 0. The minimum absolute atomic E-state index is 0.116. The Morgan fingerprint density at radius 2 is 0.948 bits per heavy atom. The third-order valence-electron chi connectivity index (χ3n) is 11.6. The van der Waals surface area contributed by atoms with E-state index in [1.54, 1.807) is 0 Å². The summed E-state index contributed by atoms with van der Waals surface area (Å²) in [6.07, 6.45) is 9.41. The minimum Gasteiger partial charge on any atom is -0.212 e. The average molecular weight is 764 g/mol. The molecule has 1 unspecified atom stereocenters. The van der Waals surface area contributed by atoms with Crippen molar-refractivity contribution in [2.45, 2.75) is 31.6 Å². The second-order valence-electron chi connectivity index (χ2n) is 15.6. The van der Waals surface area contributed by atoms with E-state index < -0.39 is 7.92 Å². The second kappa shape index (κ2) is 15.1. The van der Waals surface area contributed by atoms with Gasteiger partial charge in [0.1, 0.15) is 5.82 Å². The van der Waals surface area contributed by atoms with Crippen molar-refractivity contribution in [3.8, 4) is 56.2 Å². The Kier molecular flexibility index (Phi) is 9.32. The van der Waals surface area contributed by atoms with Crippen LogP contribution in [0.3, 0.4) is 0 Å². The smallest absolute Gasteiger partial charge is 0.163 e. The third kappa shape index (κ3) is 6.72. The van der Waals surface area contributed by atoms with Crippen LogP contribution >= 0.6 is 7.92 Å². The molecule has 8 aromatic rings. The molecule has 2 aliphatic rings. The number of aromatic nitrogens is 3. The Bertz CT molecular complexity index is 2790. The lowest BCUT2D eigenvalue weighted by molar-refractivity contribution is 0.661. The molecule has 3 nitrogen and oxygen atoms in total. The van der Waals surface area contributed by atoms with Crippen molar-refractivity contribution in [1.82, 2.24) is 15.0 Å². The monoisotopic (exact) mass is 763 g/mol. The molecule has 0 amide bonds. The largest absolute Gasteiger partial charge is 0.212 e. The number of nitrogens with zero attached hydrogens (tertiary/aromatic N) is 3. The van der Waals surface area contributed by atoms with Crippen LogP contribution in [0.4, 0.5) is 0 Å². The molecule has 0 N–H and O–H groups in total. The highest BCUT2D eigenvalue weighted by Crippen LogP contribution is 2.51. The zero-order chi connectivity index (χ0) is 39.1. The first-order chi connectivity index (χ1) is 28.5. The fraction of sp³-hybridized carbons (Fsp3) is 0.0926. The minimum atomic E-state index is -0.647. The van der Waals surface area contributed by atoms with Gasteiger partial charge in [0.25, 0.3) is 0 Å². The maximum Gasteiger partial charge on any atom is 0.163 e. The van der Waals surface area contributed by atoms with Gasteiger partial charge in [0, 0.05) is 22.5 Å². The Balaban J connectivity index is 0.959. The summed E-state index contributed by atoms with van der Waals surface area (Å²) >= 11 is 0. The first kappa shape index (κ1) is 35.8. The summed E-state index contributed by atoms with van der Waals surface area (Å²) in [4.78, 5) is 15.0. The number of fused-ring (bicyclic) bond motifs is 3. The Morgan fingerprint density at radius 3 is 1.55 bits per heavy atom. The van der Waals surface area contributed by atoms with E-state index >= 15 is 0 Å². The van der Waals surface area contributed by atoms with Gasteiger partial charge in [-0.1, -0.05) is 196 Å². The van der Waals surface area contributed by atoms with Gasteiger partial charge in [0.2, 0.25) is 0 Å². The number of hydrogen-bond donors (Lipinski definition) is 0. The van der Waals surface area contributed by atoms with Gasteiger partial charge >= 0.3 is 0 Å². The van der Waals surface area contributed by atoms with Crippen LogP contribution in [0, 0.1) is 0 Å². The lowest BCUT2D eigenvalue weighted by Crippen LogP contribution is -2.20. The van der Waals surface area contributed by atoms with Gasteiger partial charge in [0.05, 0.1) is 0 Å². The van der Waals surface area contributed by atoms with E-state index in [4.69, 9.17) is 15.0 Å². The molecule has 0 bridgehead atoms. The average Bonchev–Trinajstić information content (AvgIpc) is 3.52. The van der Waals surface area contributed by atoms with E-state index in [1.165, 1.54) is 54.9 Å². The van der Waals surface area contributed by atoms with Gasteiger partial charge in [-0.15, -0.1) is 0 Å². The van der Waals surface area contributed by atoms with E-state index in [1.807, 2.05) is 18.2 Å². The van der Waals surface area contributed by atoms with Crippen molar-refractivity contribution in [3.05, 3.63) is 217 Å². The van der Waals surface area contributed by atoms with Gasteiger partial charge in [-0.25, -0.2) is 15.0 Å². The molecule has 4 heteroatoms. The maximum absolute atomic E-state index is 5.06. The predicted molar refractivity (Wildman–Crippen MR) is 243 cm³/mol. The summed E-state index contributed by atoms with van der Waals surface area (Å²) in [5.74, 6) is 2.31. The van der Waals surface area contributed by atoms with E-state index in [9.17, 15) is 0 Å². The van der Waals surface area contributed by atoms with Crippen LogP contribution in [0.2, 0.25) is 0 Å². The molecule has 0 saturated heterocycles. The summed E-state index contributed by atoms with van der Waals surface area (Å²) in [5, 5.41) is 4.08. The molecule has 58 heavy (non-hydrogen) atoms. The topological polar surface area (TPSA) is 38.7 Å². The van der Waals surface area contributed by atoms with Crippen molar-refractivity contribution < 1.29 is 0 Å². The molecule has 278 valence electrons. The Morgan fingerprint density at radius 1 is 0.448 bits per heavy atom. The van der Waals surface area contributed by atoms with E-state index in [0.29, 0.717) is 11.6 Å². The fourth-order valence-corrected chi connectivity index (χ4v) is 10.8. The van der Waals surface area contributed by atoms with E-state index in [2.05, 4.69) is 196 Å².